The van der Waals surface area contributed by atoms with Crippen LogP contribution >= 0.6 is 0 Å². The minimum Gasteiger partial charge on any atom is -0.454 e. The van der Waals surface area contributed by atoms with Gasteiger partial charge in [0, 0.05) is 12.8 Å². The van der Waals surface area contributed by atoms with Crippen molar-refractivity contribution < 1.29 is 18.7 Å². The predicted octanol–water partition coefficient (Wildman–Crippen LogP) is 3.13. The van der Waals surface area contributed by atoms with Crippen molar-refractivity contribution in [3.05, 3.63) is 70.9 Å². The molecule has 0 fully saturated rings. The first-order valence-corrected chi connectivity index (χ1v) is 9.81. The average molecular weight is 391 g/mol. The highest BCUT2D eigenvalue weighted by atomic mass is 16.7. The SMILES string of the molecule is O=C(CCc1nnc(Cc2ccc3c(c2)OCO3)o1)N[C@@H]1CCc2ccccc21. The number of hydrogen-bond acceptors (Lipinski definition) is 6. The molecule has 7 heteroatoms. The van der Waals surface area contributed by atoms with Gasteiger partial charge in [-0.1, -0.05) is 30.3 Å². The maximum absolute atomic E-state index is 12.4. The maximum atomic E-state index is 12.4. The number of fused-ring (bicyclic) bond motifs is 2. The zero-order chi connectivity index (χ0) is 19.6. The second-order valence-electron chi connectivity index (χ2n) is 7.31. The number of amides is 1. The fourth-order valence-electron chi connectivity index (χ4n) is 3.88. The van der Waals surface area contributed by atoms with Gasteiger partial charge in [-0.15, -0.1) is 10.2 Å². The van der Waals surface area contributed by atoms with Crippen LogP contribution in [0.1, 0.15) is 47.4 Å². The summed E-state index contributed by atoms with van der Waals surface area (Å²) in [5.74, 6) is 2.47. The van der Waals surface area contributed by atoms with Crippen LogP contribution in [0.4, 0.5) is 0 Å². The van der Waals surface area contributed by atoms with Crippen molar-refractivity contribution in [1.82, 2.24) is 15.5 Å². The van der Waals surface area contributed by atoms with Gasteiger partial charge in [0.15, 0.2) is 11.5 Å². The molecule has 1 amide bonds. The van der Waals surface area contributed by atoms with Crippen LogP contribution in [0.25, 0.3) is 0 Å². The molecule has 7 nitrogen and oxygen atoms in total. The molecule has 2 aromatic carbocycles. The number of carbonyl (C=O) groups excluding carboxylic acids is 1. The Balaban J connectivity index is 1.14. The monoisotopic (exact) mass is 391 g/mol. The highest BCUT2D eigenvalue weighted by Crippen LogP contribution is 2.33. The molecule has 1 N–H and O–H groups in total. The van der Waals surface area contributed by atoms with Gasteiger partial charge < -0.3 is 19.2 Å². The minimum absolute atomic E-state index is 0.00206. The Hall–Kier alpha value is -3.35. The highest BCUT2D eigenvalue weighted by molar-refractivity contribution is 5.76. The number of aromatic nitrogens is 2. The van der Waals surface area contributed by atoms with E-state index in [2.05, 4.69) is 27.6 Å². The van der Waals surface area contributed by atoms with Gasteiger partial charge in [0.1, 0.15) is 0 Å². The summed E-state index contributed by atoms with van der Waals surface area (Å²) in [6.45, 7) is 0.248. The fourth-order valence-corrected chi connectivity index (χ4v) is 3.88. The molecule has 0 unspecified atom stereocenters. The molecule has 0 spiro atoms. The molecule has 0 saturated carbocycles. The van der Waals surface area contributed by atoms with E-state index >= 15 is 0 Å². The quantitative estimate of drug-likeness (QED) is 0.695. The van der Waals surface area contributed by atoms with Gasteiger partial charge in [-0.3, -0.25) is 4.79 Å². The van der Waals surface area contributed by atoms with Crippen molar-refractivity contribution in [2.45, 2.75) is 38.1 Å². The van der Waals surface area contributed by atoms with Crippen molar-refractivity contribution in [3.63, 3.8) is 0 Å². The zero-order valence-corrected chi connectivity index (χ0v) is 15.9. The number of nitrogens with zero attached hydrogens (tertiary/aromatic N) is 2. The Morgan fingerprint density at radius 1 is 1.07 bits per heavy atom. The lowest BCUT2D eigenvalue weighted by atomic mass is 10.1. The summed E-state index contributed by atoms with van der Waals surface area (Å²) >= 11 is 0. The number of aryl methyl sites for hydroxylation is 2. The van der Waals surface area contributed by atoms with E-state index in [1.54, 1.807) is 0 Å². The van der Waals surface area contributed by atoms with Crippen molar-refractivity contribution in [1.29, 1.82) is 0 Å². The van der Waals surface area contributed by atoms with Gasteiger partial charge in [-0.2, -0.15) is 0 Å². The third-order valence-corrected chi connectivity index (χ3v) is 5.34. The first-order valence-electron chi connectivity index (χ1n) is 9.81. The molecule has 5 rings (SSSR count). The molecular weight excluding hydrogens is 370 g/mol. The van der Waals surface area contributed by atoms with E-state index < -0.39 is 0 Å². The minimum atomic E-state index is 0.00206. The number of rotatable bonds is 6. The summed E-state index contributed by atoms with van der Waals surface area (Å²) in [5.41, 5.74) is 3.55. The van der Waals surface area contributed by atoms with Gasteiger partial charge in [0.05, 0.1) is 12.5 Å². The second kappa shape index (κ2) is 7.58. The third-order valence-electron chi connectivity index (χ3n) is 5.34. The second-order valence-corrected chi connectivity index (χ2v) is 7.31. The molecule has 2 aliphatic rings. The van der Waals surface area contributed by atoms with Gasteiger partial charge in [0.2, 0.25) is 24.5 Å². The third kappa shape index (κ3) is 3.81. The number of carbonyl (C=O) groups is 1. The van der Waals surface area contributed by atoms with Crippen LogP contribution in [0.3, 0.4) is 0 Å². The normalized spacial score (nSPS) is 16.6. The Bertz CT molecular complexity index is 1050. The van der Waals surface area contributed by atoms with E-state index in [9.17, 15) is 4.79 Å². The first-order chi connectivity index (χ1) is 14.2. The van der Waals surface area contributed by atoms with Crippen LogP contribution in [-0.2, 0) is 24.1 Å². The fraction of sp³-hybridized carbons (Fsp3) is 0.318. The zero-order valence-electron chi connectivity index (χ0n) is 15.9. The Labute approximate surface area is 168 Å². The summed E-state index contributed by atoms with van der Waals surface area (Å²) in [5, 5.41) is 11.3. The van der Waals surface area contributed by atoms with Crippen LogP contribution in [0.5, 0.6) is 11.5 Å². The number of nitrogens with one attached hydrogen (secondary N) is 1. The maximum Gasteiger partial charge on any atom is 0.231 e. The van der Waals surface area contributed by atoms with Gasteiger partial charge in [-0.25, -0.2) is 0 Å². The lowest BCUT2D eigenvalue weighted by molar-refractivity contribution is -0.121. The van der Waals surface area contributed by atoms with Crippen LogP contribution in [0.2, 0.25) is 0 Å². The molecule has 3 aromatic rings. The molecule has 1 aliphatic carbocycles. The van der Waals surface area contributed by atoms with Crippen molar-refractivity contribution in [3.8, 4) is 11.5 Å². The predicted molar refractivity (Wildman–Crippen MR) is 104 cm³/mol. The van der Waals surface area contributed by atoms with Gasteiger partial charge in [-0.05, 0) is 41.7 Å². The number of ether oxygens (including phenoxy) is 2. The Morgan fingerprint density at radius 2 is 1.93 bits per heavy atom. The molecule has 1 aromatic heterocycles. The lowest BCUT2D eigenvalue weighted by Gasteiger charge is -2.13. The summed E-state index contributed by atoms with van der Waals surface area (Å²) in [4.78, 5) is 12.4. The van der Waals surface area contributed by atoms with E-state index in [0.29, 0.717) is 31.0 Å². The number of hydrogen-bond donors (Lipinski definition) is 1. The molecule has 2 heterocycles. The summed E-state index contributed by atoms with van der Waals surface area (Å²) in [6.07, 6.45) is 3.21. The van der Waals surface area contributed by atoms with E-state index in [4.69, 9.17) is 13.9 Å². The molecular formula is C22H21N3O4. The molecule has 148 valence electrons. The van der Waals surface area contributed by atoms with E-state index in [1.165, 1.54) is 11.1 Å². The van der Waals surface area contributed by atoms with Crippen LogP contribution in [-0.4, -0.2) is 22.9 Å². The van der Waals surface area contributed by atoms with Crippen LogP contribution < -0.4 is 14.8 Å². The van der Waals surface area contributed by atoms with E-state index in [0.717, 1.165) is 29.9 Å². The smallest absolute Gasteiger partial charge is 0.231 e. The van der Waals surface area contributed by atoms with E-state index in [-0.39, 0.29) is 18.7 Å². The summed E-state index contributed by atoms with van der Waals surface area (Å²) in [7, 11) is 0. The van der Waals surface area contributed by atoms with Crippen LogP contribution in [0, 0.1) is 0 Å². The molecule has 0 bridgehead atoms. The Kier molecular flexibility index (Phi) is 4.63. The molecule has 29 heavy (non-hydrogen) atoms. The molecule has 1 atom stereocenters. The standard InChI is InChI=1S/C22H21N3O4/c26-20(23-17-7-6-15-3-1-2-4-16(15)17)9-10-21-24-25-22(29-21)12-14-5-8-18-19(11-14)28-13-27-18/h1-5,8,11,17H,6-7,9-10,12-13H2,(H,23,26)/t17-/m1/s1. The van der Waals surface area contributed by atoms with Crippen molar-refractivity contribution >= 4 is 5.91 Å². The van der Waals surface area contributed by atoms with Crippen LogP contribution in [0.15, 0.2) is 46.9 Å². The Morgan fingerprint density at radius 3 is 2.90 bits per heavy atom. The van der Waals surface area contributed by atoms with Gasteiger partial charge in [0.25, 0.3) is 0 Å². The topological polar surface area (TPSA) is 86.5 Å². The number of benzene rings is 2. The summed E-state index contributed by atoms with van der Waals surface area (Å²) in [6, 6.07) is 14.1. The first kappa shape index (κ1) is 17.7. The largest absolute Gasteiger partial charge is 0.454 e. The molecule has 0 radical (unpaired) electrons. The lowest BCUT2D eigenvalue weighted by Crippen LogP contribution is -2.27. The van der Waals surface area contributed by atoms with Crippen molar-refractivity contribution in [2.75, 3.05) is 6.79 Å². The van der Waals surface area contributed by atoms with Crippen molar-refractivity contribution in [2.24, 2.45) is 0 Å². The average Bonchev–Trinajstić information content (AvgIpc) is 3.47. The summed E-state index contributed by atoms with van der Waals surface area (Å²) < 4.78 is 16.4. The molecule has 0 saturated heterocycles. The highest BCUT2D eigenvalue weighted by Gasteiger charge is 2.23. The van der Waals surface area contributed by atoms with E-state index in [1.807, 2.05) is 30.3 Å². The van der Waals surface area contributed by atoms with Gasteiger partial charge >= 0.3 is 0 Å². The molecule has 1 aliphatic heterocycles.